The van der Waals surface area contributed by atoms with E-state index < -0.39 is 9.84 Å². The van der Waals surface area contributed by atoms with E-state index in [9.17, 15) is 13.2 Å². The predicted octanol–water partition coefficient (Wildman–Crippen LogP) is 0.991. The zero-order valence-corrected chi connectivity index (χ0v) is 14.6. The van der Waals surface area contributed by atoms with Gasteiger partial charge in [0.05, 0.1) is 30.7 Å². The van der Waals surface area contributed by atoms with E-state index in [-0.39, 0.29) is 29.5 Å². The van der Waals surface area contributed by atoms with Crippen molar-refractivity contribution in [2.45, 2.75) is 25.9 Å². The standard InChI is InChI=1S/C16H24N2O4S/c1-12(14-6-4-5-7-15(14)22-3)17-16(19)13(2)18-8-10-23(20,21)11-9-18/h4-7,12-13H,8-11H2,1-3H3,(H,17,19). The Morgan fingerprint density at radius 3 is 2.43 bits per heavy atom. The number of ether oxygens (including phenoxy) is 1. The first-order chi connectivity index (χ1) is 10.8. The molecule has 1 aromatic carbocycles. The molecule has 1 aliphatic heterocycles. The summed E-state index contributed by atoms with van der Waals surface area (Å²) < 4.78 is 28.3. The number of carbonyl (C=O) groups is 1. The van der Waals surface area contributed by atoms with Gasteiger partial charge in [-0.3, -0.25) is 9.69 Å². The normalized spacial score (nSPS) is 20.5. The maximum Gasteiger partial charge on any atom is 0.237 e. The van der Waals surface area contributed by atoms with Gasteiger partial charge in [0.15, 0.2) is 9.84 Å². The third kappa shape index (κ3) is 4.45. The molecule has 0 aromatic heterocycles. The highest BCUT2D eigenvalue weighted by Gasteiger charge is 2.29. The molecule has 1 N–H and O–H groups in total. The second-order valence-electron chi connectivity index (χ2n) is 5.84. The Labute approximate surface area is 137 Å². The molecule has 128 valence electrons. The van der Waals surface area contributed by atoms with Gasteiger partial charge < -0.3 is 10.1 Å². The van der Waals surface area contributed by atoms with Crippen LogP contribution in [0, 0.1) is 0 Å². The molecule has 7 heteroatoms. The molecule has 0 saturated carbocycles. The average molecular weight is 340 g/mol. The number of nitrogens with zero attached hydrogens (tertiary/aromatic N) is 1. The van der Waals surface area contributed by atoms with Crippen molar-refractivity contribution < 1.29 is 17.9 Å². The smallest absolute Gasteiger partial charge is 0.237 e. The van der Waals surface area contributed by atoms with Gasteiger partial charge in [-0.15, -0.1) is 0 Å². The van der Waals surface area contributed by atoms with Crippen LogP contribution < -0.4 is 10.1 Å². The Morgan fingerprint density at radius 2 is 1.83 bits per heavy atom. The first kappa shape index (κ1) is 17.7. The second kappa shape index (κ2) is 7.31. The summed E-state index contributed by atoms with van der Waals surface area (Å²) in [5, 5.41) is 2.98. The number of hydrogen-bond donors (Lipinski definition) is 1. The summed E-state index contributed by atoms with van der Waals surface area (Å²) in [7, 11) is -1.34. The molecular weight excluding hydrogens is 316 g/mol. The number of hydrogen-bond acceptors (Lipinski definition) is 5. The van der Waals surface area contributed by atoms with Crippen molar-refractivity contribution in [2.24, 2.45) is 0 Å². The van der Waals surface area contributed by atoms with Crippen LogP contribution in [0.5, 0.6) is 5.75 Å². The van der Waals surface area contributed by atoms with Crippen molar-refractivity contribution in [3.05, 3.63) is 29.8 Å². The first-order valence-corrected chi connectivity index (χ1v) is 9.54. The minimum absolute atomic E-state index is 0.109. The van der Waals surface area contributed by atoms with Crippen LogP contribution in [-0.4, -0.2) is 57.0 Å². The van der Waals surface area contributed by atoms with E-state index in [2.05, 4.69) is 5.32 Å². The summed E-state index contributed by atoms with van der Waals surface area (Å²) in [5.74, 6) is 0.860. The van der Waals surface area contributed by atoms with E-state index in [0.29, 0.717) is 13.1 Å². The van der Waals surface area contributed by atoms with Crippen molar-refractivity contribution in [1.29, 1.82) is 0 Å². The quantitative estimate of drug-likeness (QED) is 0.865. The lowest BCUT2D eigenvalue weighted by molar-refractivity contribution is -0.126. The molecule has 0 aliphatic carbocycles. The lowest BCUT2D eigenvalue weighted by atomic mass is 10.1. The summed E-state index contributed by atoms with van der Waals surface area (Å²) in [6.07, 6.45) is 0. The maximum atomic E-state index is 12.4. The third-order valence-electron chi connectivity index (χ3n) is 4.27. The summed E-state index contributed by atoms with van der Waals surface area (Å²) in [5.41, 5.74) is 0.914. The first-order valence-electron chi connectivity index (χ1n) is 7.72. The number of sulfone groups is 1. The van der Waals surface area contributed by atoms with Crippen LogP contribution >= 0.6 is 0 Å². The lowest BCUT2D eigenvalue weighted by Gasteiger charge is -2.32. The fourth-order valence-corrected chi connectivity index (χ4v) is 3.95. The lowest BCUT2D eigenvalue weighted by Crippen LogP contribution is -2.51. The second-order valence-corrected chi connectivity index (χ2v) is 8.14. The van der Waals surface area contributed by atoms with Crippen LogP contribution in [0.4, 0.5) is 0 Å². The van der Waals surface area contributed by atoms with E-state index in [0.717, 1.165) is 11.3 Å². The van der Waals surface area contributed by atoms with E-state index >= 15 is 0 Å². The molecule has 2 rings (SSSR count). The number of methoxy groups -OCH3 is 1. The van der Waals surface area contributed by atoms with Gasteiger partial charge in [0, 0.05) is 18.7 Å². The zero-order valence-electron chi connectivity index (χ0n) is 13.8. The molecule has 1 amide bonds. The SMILES string of the molecule is COc1ccccc1C(C)NC(=O)C(C)N1CCS(=O)(=O)CC1. The largest absolute Gasteiger partial charge is 0.496 e. The minimum Gasteiger partial charge on any atom is -0.496 e. The van der Waals surface area contributed by atoms with Crippen molar-refractivity contribution in [3.8, 4) is 5.75 Å². The van der Waals surface area contributed by atoms with Crippen LogP contribution in [0.25, 0.3) is 0 Å². The Kier molecular flexibility index (Phi) is 5.64. The molecule has 1 heterocycles. The molecule has 0 spiro atoms. The maximum absolute atomic E-state index is 12.4. The molecule has 6 nitrogen and oxygen atoms in total. The molecule has 1 fully saturated rings. The Balaban J connectivity index is 1.98. The highest BCUT2D eigenvalue weighted by molar-refractivity contribution is 7.91. The van der Waals surface area contributed by atoms with Crippen molar-refractivity contribution in [1.82, 2.24) is 10.2 Å². The Hall–Kier alpha value is -1.60. The van der Waals surface area contributed by atoms with Gasteiger partial charge in [0.25, 0.3) is 0 Å². The number of nitrogens with one attached hydrogen (secondary N) is 1. The van der Waals surface area contributed by atoms with Gasteiger partial charge in [-0.2, -0.15) is 0 Å². The summed E-state index contributed by atoms with van der Waals surface area (Å²) in [4.78, 5) is 14.4. The molecule has 1 aliphatic rings. The van der Waals surface area contributed by atoms with Crippen molar-refractivity contribution in [2.75, 3.05) is 31.7 Å². The van der Waals surface area contributed by atoms with Crippen LogP contribution in [-0.2, 0) is 14.6 Å². The highest BCUT2D eigenvalue weighted by Crippen LogP contribution is 2.24. The van der Waals surface area contributed by atoms with Gasteiger partial charge in [-0.1, -0.05) is 18.2 Å². The third-order valence-corrected chi connectivity index (χ3v) is 5.88. The van der Waals surface area contributed by atoms with E-state index in [4.69, 9.17) is 4.74 Å². The van der Waals surface area contributed by atoms with E-state index in [1.807, 2.05) is 43.0 Å². The van der Waals surface area contributed by atoms with Crippen LogP contribution in [0.2, 0.25) is 0 Å². The molecule has 2 atom stereocenters. The van der Waals surface area contributed by atoms with Crippen LogP contribution in [0.1, 0.15) is 25.5 Å². The van der Waals surface area contributed by atoms with Gasteiger partial charge in [0.1, 0.15) is 5.75 Å². The van der Waals surface area contributed by atoms with Gasteiger partial charge in [-0.05, 0) is 19.9 Å². The molecule has 1 saturated heterocycles. The van der Waals surface area contributed by atoms with Crippen molar-refractivity contribution in [3.63, 3.8) is 0 Å². The van der Waals surface area contributed by atoms with Crippen LogP contribution in [0.15, 0.2) is 24.3 Å². The van der Waals surface area contributed by atoms with Gasteiger partial charge >= 0.3 is 0 Å². The Morgan fingerprint density at radius 1 is 1.22 bits per heavy atom. The number of rotatable bonds is 5. The molecule has 0 radical (unpaired) electrons. The molecule has 1 aromatic rings. The summed E-state index contributed by atoms with van der Waals surface area (Å²) >= 11 is 0. The topological polar surface area (TPSA) is 75.7 Å². The number of carbonyl (C=O) groups excluding carboxylic acids is 1. The Bertz CT molecular complexity index is 646. The molecule has 23 heavy (non-hydrogen) atoms. The summed E-state index contributed by atoms with van der Waals surface area (Å²) in [6.45, 7) is 4.52. The number of benzene rings is 1. The minimum atomic E-state index is -2.94. The summed E-state index contributed by atoms with van der Waals surface area (Å²) in [6, 6.07) is 7.02. The van der Waals surface area contributed by atoms with Gasteiger partial charge in [-0.25, -0.2) is 8.42 Å². The van der Waals surface area contributed by atoms with E-state index in [1.54, 1.807) is 7.11 Å². The fourth-order valence-electron chi connectivity index (χ4n) is 2.72. The molecular formula is C16H24N2O4S. The number of amides is 1. The average Bonchev–Trinajstić information content (AvgIpc) is 2.54. The molecule has 2 unspecified atom stereocenters. The van der Waals surface area contributed by atoms with Crippen LogP contribution in [0.3, 0.4) is 0 Å². The number of para-hydroxylation sites is 1. The zero-order chi connectivity index (χ0) is 17.0. The van der Waals surface area contributed by atoms with Crippen molar-refractivity contribution >= 4 is 15.7 Å². The predicted molar refractivity (Wildman–Crippen MR) is 89.2 cm³/mol. The van der Waals surface area contributed by atoms with Gasteiger partial charge in [0.2, 0.25) is 5.91 Å². The highest BCUT2D eigenvalue weighted by atomic mass is 32.2. The van der Waals surface area contributed by atoms with E-state index in [1.165, 1.54) is 0 Å². The monoisotopic (exact) mass is 340 g/mol. The fraction of sp³-hybridized carbons (Fsp3) is 0.562. The molecule has 0 bridgehead atoms.